The minimum atomic E-state index is -0.133. The zero-order valence-corrected chi connectivity index (χ0v) is 32.6. The van der Waals surface area contributed by atoms with Crippen molar-refractivity contribution >= 4 is 32.3 Å². The smallest absolute Gasteiger partial charge is 0.164 e. The van der Waals surface area contributed by atoms with Crippen LogP contribution in [0.5, 0.6) is 0 Å². The van der Waals surface area contributed by atoms with Crippen LogP contribution in [0, 0.1) is 11.3 Å². The van der Waals surface area contributed by atoms with Crippen LogP contribution in [0.25, 0.3) is 99.9 Å². The highest BCUT2D eigenvalue weighted by Crippen LogP contribution is 2.50. The standard InChI is InChI=1S/C55H36N4/c1-55(2)49-22-11-10-20-44(49)45-28-27-39(32-50(45)55)40-30-47-43-19-7-6-17-41(43)42-18-8-9-21-46(42)51(47)48(31-40)54-58-52(36-14-4-3-5-15-36)57-53(59-54)37-25-23-35(24-26-37)38-16-12-13-34(29-38)33-56/h3-32H,1-2H3. The fourth-order valence-electron chi connectivity index (χ4n) is 9.18. The first kappa shape index (κ1) is 34.5. The van der Waals surface area contributed by atoms with Crippen molar-refractivity contribution in [2.45, 2.75) is 19.3 Å². The van der Waals surface area contributed by atoms with E-state index in [-0.39, 0.29) is 5.41 Å². The van der Waals surface area contributed by atoms with E-state index >= 15 is 0 Å². The zero-order chi connectivity index (χ0) is 39.7. The molecule has 0 aliphatic heterocycles. The van der Waals surface area contributed by atoms with Crippen molar-refractivity contribution in [1.82, 2.24) is 15.0 Å². The Hall–Kier alpha value is -7.74. The van der Waals surface area contributed by atoms with Crippen molar-refractivity contribution in [3.8, 4) is 73.6 Å². The molecule has 1 aromatic heterocycles. The molecule has 1 aliphatic carbocycles. The van der Waals surface area contributed by atoms with Gasteiger partial charge in [-0.2, -0.15) is 5.26 Å². The second kappa shape index (κ2) is 13.4. The van der Waals surface area contributed by atoms with Gasteiger partial charge in [0.05, 0.1) is 11.6 Å². The molecule has 9 aromatic carbocycles. The van der Waals surface area contributed by atoms with Gasteiger partial charge in [-0.05, 0) is 102 Å². The maximum Gasteiger partial charge on any atom is 0.164 e. The highest BCUT2D eigenvalue weighted by atomic mass is 15.0. The highest BCUT2D eigenvalue weighted by Gasteiger charge is 2.35. The third-order valence-electron chi connectivity index (χ3n) is 12.1. The maximum absolute atomic E-state index is 9.52. The topological polar surface area (TPSA) is 62.5 Å². The summed E-state index contributed by atoms with van der Waals surface area (Å²) in [7, 11) is 0. The van der Waals surface area contributed by atoms with Gasteiger partial charge in [-0.15, -0.1) is 0 Å². The molecule has 0 unspecified atom stereocenters. The minimum Gasteiger partial charge on any atom is -0.208 e. The summed E-state index contributed by atoms with van der Waals surface area (Å²) < 4.78 is 0. The molecule has 0 radical (unpaired) electrons. The Balaban J connectivity index is 1.18. The van der Waals surface area contributed by atoms with E-state index < -0.39 is 0 Å². The number of rotatable bonds is 5. The van der Waals surface area contributed by atoms with Gasteiger partial charge in [-0.1, -0.05) is 166 Å². The van der Waals surface area contributed by atoms with Crippen LogP contribution in [0.4, 0.5) is 0 Å². The van der Waals surface area contributed by atoms with Gasteiger partial charge in [-0.25, -0.2) is 15.0 Å². The van der Waals surface area contributed by atoms with E-state index in [4.69, 9.17) is 15.0 Å². The van der Waals surface area contributed by atoms with E-state index in [1.807, 2.05) is 42.5 Å². The molecular weight excluding hydrogens is 717 g/mol. The van der Waals surface area contributed by atoms with Gasteiger partial charge in [-0.3, -0.25) is 0 Å². The molecule has 4 nitrogen and oxygen atoms in total. The summed E-state index contributed by atoms with van der Waals surface area (Å²) in [5, 5.41) is 16.5. The maximum atomic E-state index is 9.52. The largest absolute Gasteiger partial charge is 0.208 e. The second-order valence-electron chi connectivity index (χ2n) is 15.9. The Morgan fingerprint density at radius 1 is 0.373 bits per heavy atom. The van der Waals surface area contributed by atoms with E-state index in [2.05, 4.69) is 159 Å². The first-order valence-corrected chi connectivity index (χ1v) is 20.0. The van der Waals surface area contributed by atoms with Crippen molar-refractivity contribution in [3.63, 3.8) is 0 Å². The molecule has 0 spiro atoms. The van der Waals surface area contributed by atoms with Gasteiger partial charge in [0.25, 0.3) is 0 Å². The molecule has 10 aromatic rings. The third kappa shape index (κ3) is 5.62. The summed E-state index contributed by atoms with van der Waals surface area (Å²) in [6.07, 6.45) is 0. The molecule has 59 heavy (non-hydrogen) atoms. The molecule has 0 fully saturated rings. The molecule has 0 saturated carbocycles. The number of aromatic nitrogens is 3. The normalized spacial score (nSPS) is 12.7. The average molecular weight is 753 g/mol. The van der Waals surface area contributed by atoms with Crippen molar-refractivity contribution < 1.29 is 0 Å². The molecule has 0 N–H and O–H groups in total. The number of nitriles is 1. The summed E-state index contributed by atoms with van der Waals surface area (Å²) >= 11 is 0. The quantitative estimate of drug-likeness (QED) is 0.164. The Morgan fingerprint density at radius 2 is 0.915 bits per heavy atom. The van der Waals surface area contributed by atoms with Crippen LogP contribution in [0.3, 0.4) is 0 Å². The molecule has 1 heterocycles. The Kier molecular flexibility index (Phi) is 7.86. The summed E-state index contributed by atoms with van der Waals surface area (Å²) in [4.78, 5) is 15.8. The van der Waals surface area contributed by atoms with Crippen molar-refractivity contribution in [3.05, 3.63) is 199 Å². The summed E-state index contributed by atoms with van der Waals surface area (Å²) in [5.74, 6) is 1.81. The first-order chi connectivity index (χ1) is 28.9. The van der Waals surface area contributed by atoms with Gasteiger partial charge in [0.15, 0.2) is 17.5 Å². The lowest BCUT2D eigenvalue weighted by Crippen LogP contribution is -2.14. The fraction of sp³-hybridized carbons (Fsp3) is 0.0545. The molecule has 4 heteroatoms. The Morgan fingerprint density at radius 3 is 1.66 bits per heavy atom. The SMILES string of the molecule is CC1(C)c2ccccc2-c2ccc(-c3cc(-c4nc(-c5ccccc5)nc(-c5ccc(-c6cccc(C#N)c6)cc5)n4)c4c5ccccc5c5ccccc5c4c3)cc21. The van der Waals surface area contributed by atoms with E-state index in [0.717, 1.165) is 55.1 Å². The summed E-state index contributed by atoms with van der Waals surface area (Å²) in [6.45, 7) is 4.67. The van der Waals surface area contributed by atoms with Crippen LogP contribution in [-0.2, 0) is 5.41 Å². The lowest BCUT2D eigenvalue weighted by Gasteiger charge is -2.22. The predicted molar refractivity (Wildman–Crippen MR) is 242 cm³/mol. The van der Waals surface area contributed by atoms with E-state index in [1.54, 1.807) is 0 Å². The van der Waals surface area contributed by atoms with Gasteiger partial charge in [0.2, 0.25) is 0 Å². The van der Waals surface area contributed by atoms with Crippen molar-refractivity contribution in [2.75, 3.05) is 0 Å². The molecule has 11 rings (SSSR count). The van der Waals surface area contributed by atoms with Crippen LogP contribution in [-0.4, -0.2) is 15.0 Å². The molecule has 0 bridgehead atoms. The van der Waals surface area contributed by atoms with E-state index in [1.165, 1.54) is 38.4 Å². The first-order valence-electron chi connectivity index (χ1n) is 20.0. The monoisotopic (exact) mass is 752 g/mol. The fourth-order valence-corrected chi connectivity index (χ4v) is 9.18. The zero-order valence-electron chi connectivity index (χ0n) is 32.6. The molecule has 0 saturated heterocycles. The average Bonchev–Trinajstić information content (AvgIpc) is 3.54. The number of benzene rings is 9. The van der Waals surface area contributed by atoms with Crippen LogP contribution in [0.1, 0.15) is 30.5 Å². The number of hydrogen-bond donors (Lipinski definition) is 0. The van der Waals surface area contributed by atoms with Crippen LogP contribution in [0.2, 0.25) is 0 Å². The number of nitrogens with zero attached hydrogens (tertiary/aromatic N) is 4. The minimum absolute atomic E-state index is 0.133. The van der Waals surface area contributed by atoms with Gasteiger partial charge < -0.3 is 0 Å². The lowest BCUT2D eigenvalue weighted by molar-refractivity contribution is 0.660. The highest BCUT2D eigenvalue weighted by molar-refractivity contribution is 6.28. The van der Waals surface area contributed by atoms with Crippen LogP contribution in [0.15, 0.2) is 182 Å². The van der Waals surface area contributed by atoms with Crippen LogP contribution < -0.4 is 0 Å². The van der Waals surface area contributed by atoms with Crippen molar-refractivity contribution in [1.29, 1.82) is 5.26 Å². The summed E-state index contributed by atoms with van der Waals surface area (Å²) in [6, 6.07) is 66.2. The number of hydrogen-bond acceptors (Lipinski definition) is 4. The number of fused-ring (bicyclic) bond motifs is 9. The Bertz CT molecular complexity index is 3360. The van der Waals surface area contributed by atoms with Gasteiger partial charge in [0.1, 0.15) is 0 Å². The molecule has 0 atom stereocenters. The van der Waals surface area contributed by atoms with E-state index in [9.17, 15) is 5.26 Å². The predicted octanol–water partition coefficient (Wildman–Crippen LogP) is 13.8. The Labute approximate surface area is 342 Å². The van der Waals surface area contributed by atoms with Crippen molar-refractivity contribution in [2.24, 2.45) is 0 Å². The lowest BCUT2D eigenvalue weighted by atomic mass is 9.81. The third-order valence-corrected chi connectivity index (χ3v) is 12.1. The molecule has 1 aliphatic rings. The molecule has 0 amide bonds. The van der Waals surface area contributed by atoms with Gasteiger partial charge >= 0.3 is 0 Å². The summed E-state index contributed by atoms with van der Waals surface area (Å²) in [5.41, 5.74) is 12.8. The van der Waals surface area contributed by atoms with Gasteiger partial charge in [0, 0.05) is 27.5 Å². The van der Waals surface area contributed by atoms with E-state index in [0.29, 0.717) is 23.0 Å². The second-order valence-corrected chi connectivity index (χ2v) is 15.9. The molecule has 276 valence electrons. The van der Waals surface area contributed by atoms with Crippen LogP contribution >= 0.6 is 0 Å². The molecular formula is C55H36N4.